The topological polar surface area (TPSA) is 68.3 Å². The van der Waals surface area contributed by atoms with Crippen LogP contribution in [0.1, 0.15) is 36.8 Å². The van der Waals surface area contributed by atoms with Crippen molar-refractivity contribution >= 4 is 11.9 Å². The van der Waals surface area contributed by atoms with E-state index in [2.05, 4.69) is 15.3 Å². The number of nitrogens with one attached hydrogen (secondary N) is 1. The average Bonchev–Trinajstić information content (AvgIpc) is 2.25. The predicted molar refractivity (Wildman–Crippen MR) is 62.0 cm³/mol. The number of nitrogens with zero attached hydrogens (tertiary/aromatic N) is 1. The summed E-state index contributed by atoms with van der Waals surface area (Å²) in [5.41, 5.74) is 2.60. The molecule has 0 atom stereocenters. The Labute approximate surface area is 100 Å². The van der Waals surface area contributed by atoms with Crippen LogP contribution in [0.25, 0.3) is 0 Å². The summed E-state index contributed by atoms with van der Waals surface area (Å²) >= 11 is 0. The number of hydrogen-bond acceptors (Lipinski definition) is 4. The van der Waals surface area contributed by atoms with E-state index in [1.165, 1.54) is 6.20 Å². The van der Waals surface area contributed by atoms with Crippen molar-refractivity contribution in [1.29, 1.82) is 0 Å². The van der Waals surface area contributed by atoms with Gasteiger partial charge in [0.1, 0.15) is 0 Å². The van der Waals surface area contributed by atoms with Crippen LogP contribution < -0.4 is 5.48 Å². The lowest BCUT2D eigenvalue weighted by Gasteiger charge is -2.15. The number of carbonyl (C=O) groups excluding carboxylic acids is 2. The molecular weight excluding hydrogens is 220 g/mol. The molecule has 0 bridgehead atoms. The van der Waals surface area contributed by atoms with Gasteiger partial charge in [0, 0.05) is 11.9 Å². The molecule has 0 aliphatic heterocycles. The second-order valence-corrected chi connectivity index (χ2v) is 4.76. The van der Waals surface area contributed by atoms with E-state index in [-0.39, 0.29) is 0 Å². The molecule has 0 fully saturated rings. The van der Waals surface area contributed by atoms with Crippen LogP contribution in [0, 0.1) is 12.3 Å². The van der Waals surface area contributed by atoms with Gasteiger partial charge >= 0.3 is 5.97 Å². The van der Waals surface area contributed by atoms with Crippen LogP contribution in [0.3, 0.4) is 0 Å². The third-order valence-electron chi connectivity index (χ3n) is 2.02. The van der Waals surface area contributed by atoms with Gasteiger partial charge in [0.05, 0.1) is 11.0 Å². The molecule has 0 radical (unpaired) electrons. The van der Waals surface area contributed by atoms with Crippen LogP contribution in [0.15, 0.2) is 18.3 Å². The Hall–Kier alpha value is -1.91. The predicted octanol–water partition coefficient (Wildman–Crippen LogP) is 1.62. The first-order valence-electron chi connectivity index (χ1n) is 5.25. The van der Waals surface area contributed by atoms with E-state index in [0.29, 0.717) is 5.56 Å². The molecule has 0 aliphatic carbocycles. The minimum absolute atomic E-state index is 0.345. The number of amides is 1. The molecule has 5 nitrogen and oxygen atoms in total. The minimum atomic E-state index is -0.654. The van der Waals surface area contributed by atoms with Gasteiger partial charge in [0.25, 0.3) is 5.91 Å². The summed E-state index contributed by atoms with van der Waals surface area (Å²) in [6, 6.07) is 3.32. The molecular formula is C12H16N2O3. The lowest BCUT2D eigenvalue weighted by Crippen LogP contribution is -2.33. The molecule has 0 aliphatic rings. The van der Waals surface area contributed by atoms with Gasteiger partial charge in [-0.05, 0) is 39.8 Å². The fourth-order valence-corrected chi connectivity index (χ4v) is 0.907. The standard InChI is InChI=1S/C12H16N2O3/c1-8-5-6-9(7-13-8)10(15)14-17-11(16)12(2,3)4/h5-7H,1-4H3,(H,14,15). The lowest BCUT2D eigenvalue weighted by atomic mass is 9.98. The monoisotopic (exact) mass is 236 g/mol. The first-order chi connectivity index (χ1) is 7.80. The second-order valence-electron chi connectivity index (χ2n) is 4.76. The Kier molecular flexibility index (Phi) is 3.83. The molecule has 1 aromatic heterocycles. The van der Waals surface area contributed by atoms with Gasteiger partial charge in [-0.25, -0.2) is 4.79 Å². The van der Waals surface area contributed by atoms with Gasteiger partial charge in [0.15, 0.2) is 0 Å². The van der Waals surface area contributed by atoms with Crippen molar-refractivity contribution in [2.45, 2.75) is 27.7 Å². The third-order valence-corrected chi connectivity index (χ3v) is 2.02. The third kappa shape index (κ3) is 3.86. The summed E-state index contributed by atoms with van der Waals surface area (Å²) < 4.78 is 0. The molecule has 0 saturated heterocycles. The first-order valence-corrected chi connectivity index (χ1v) is 5.25. The van der Waals surface area contributed by atoms with Gasteiger partial charge in [0.2, 0.25) is 0 Å². The van der Waals surface area contributed by atoms with Gasteiger partial charge in [-0.2, -0.15) is 5.48 Å². The second kappa shape index (κ2) is 4.95. The van der Waals surface area contributed by atoms with E-state index in [4.69, 9.17) is 0 Å². The lowest BCUT2D eigenvalue weighted by molar-refractivity contribution is -0.158. The fraction of sp³-hybridized carbons (Fsp3) is 0.417. The fourth-order valence-electron chi connectivity index (χ4n) is 0.907. The maximum absolute atomic E-state index is 11.6. The average molecular weight is 236 g/mol. The Bertz CT molecular complexity index is 418. The zero-order valence-electron chi connectivity index (χ0n) is 10.4. The highest BCUT2D eigenvalue weighted by Crippen LogP contribution is 2.14. The molecule has 1 amide bonds. The van der Waals surface area contributed by atoms with Crippen molar-refractivity contribution in [1.82, 2.24) is 10.5 Å². The van der Waals surface area contributed by atoms with Gasteiger partial charge < -0.3 is 4.84 Å². The van der Waals surface area contributed by atoms with Crippen LogP contribution in [0.4, 0.5) is 0 Å². The molecule has 1 rings (SSSR count). The van der Waals surface area contributed by atoms with Crippen LogP contribution >= 0.6 is 0 Å². The van der Waals surface area contributed by atoms with Gasteiger partial charge in [-0.15, -0.1) is 0 Å². The van der Waals surface area contributed by atoms with E-state index >= 15 is 0 Å². The molecule has 1 heterocycles. The van der Waals surface area contributed by atoms with Crippen molar-refractivity contribution in [2.24, 2.45) is 5.41 Å². The number of hydroxylamine groups is 1. The Morgan fingerprint density at radius 1 is 1.29 bits per heavy atom. The molecule has 1 N–H and O–H groups in total. The SMILES string of the molecule is Cc1ccc(C(=O)NOC(=O)C(C)(C)C)cn1. The van der Waals surface area contributed by atoms with Crippen molar-refractivity contribution in [3.05, 3.63) is 29.6 Å². The van der Waals surface area contributed by atoms with E-state index in [0.717, 1.165) is 5.69 Å². The van der Waals surface area contributed by atoms with E-state index in [9.17, 15) is 9.59 Å². The highest BCUT2D eigenvalue weighted by atomic mass is 16.7. The van der Waals surface area contributed by atoms with Crippen LogP contribution in [-0.4, -0.2) is 16.9 Å². The number of aromatic nitrogens is 1. The number of carbonyl (C=O) groups is 2. The molecule has 0 aromatic carbocycles. The zero-order valence-corrected chi connectivity index (χ0v) is 10.4. The largest absolute Gasteiger partial charge is 0.340 e. The highest BCUT2D eigenvalue weighted by molar-refractivity contribution is 5.94. The smallest absolute Gasteiger partial charge is 0.337 e. The Morgan fingerprint density at radius 3 is 2.41 bits per heavy atom. The normalized spacial score (nSPS) is 10.8. The molecule has 5 heteroatoms. The van der Waals surface area contributed by atoms with Crippen LogP contribution in [0.5, 0.6) is 0 Å². The van der Waals surface area contributed by atoms with E-state index < -0.39 is 17.3 Å². The summed E-state index contributed by atoms with van der Waals surface area (Å²) in [5, 5.41) is 0. The molecule has 0 unspecified atom stereocenters. The Balaban J connectivity index is 2.56. The number of rotatable bonds is 1. The maximum atomic E-state index is 11.6. The first kappa shape index (κ1) is 13.2. The van der Waals surface area contributed by atoms with E-state index in [1.807, 2.05) is 6.92 Å². The van der Waals surface area contributed by atoms with Crippen LogP contribution in [-0.2, 0) is 9.63 Å². The molecule has 0 saturated carbocycles. The van der Waals surface area contributed by atoms with Crippen molar-refractivity contribution in [2.75, 3.05) is 0 Å². The summed E-state index contributed by atoms with van der Waals surface area (Å²) in [6.45, 7) is 6.93. The minimum Gasteiger partial charge on any atom is -0.340 e. The Morgan fingerprint density at radius 2 is 1.94 bits per heavy atom. The number of hydrogen-bond donors (Lipinski definition) is 1. The number of pyridine rings is 1. The van der Waals surface area contributed by atoms with E-state index in [1.54, 1.807) is 32.9 Å². The maximum Gasteiger partial charge on any atom is 0.337 e. The number of aryl methyl sites for hydroxylation is 1. The summed E-state index contributed by atoms with van der Waals surface area (Å²) in [7, 11) is 0. The van der Waals surface area contributed by atoms with Crippen LogP contribution in [0.2, 0.25) is 0 Å². The highest BCUT2D eigenvalue weighted by Gasteiger charge is 2.24. The molecule has 1 aromatic rings. The summed E-state index contributed by atoms with van der Waals surface area (Å²) in [5.74, 6) is -0.985. The summed E-state index contributed by atoms with van der Waals surface area (Å²) in [4.78, 5) is 31.6. The molecule has 17 heavy (non-hydrogen) atoms. The molecule has 0 spiro atoms. The summed E-state index contributed by atoms with van der Waals surface area (Å²) in [6.07, 6.45) is 1.43. The van der Waals surface area contributed by atoms with Gasteiger partial charge in [-0.1, -0.05) is 0 Å². The zero-order chi connectivity index (χ0) is 13.1. The van der Waals surface area contributed by atoms with Crippen molar-refractivity contribution in [3.8, 4) is 0 Å². The van der Waals surface area contributed by atoms with Crippen molar-refractivity contribution < 1.29 is 14.4 Å². The van der Waals surface area contributed by atoms with Crippen molar-refractivity contribution in [3.63, 3.8) is 0 Å². The quantitative estimate of drug-likeness (QED) is 0.752. The van der Waals surface area contributed by atoms with Gasteiger partial charge in [-0.3, -0.25) is 9.78 Å². The molecule has 92 valence electrons.